The third-order valence-electron chi connectivity index (χ3n) is 14.4. The summed E-state index contributed by atoms with van der Waals surface area (Å²) in [6, 6.07) is 0.325. The molecule has 10 atom stereocenters. The first kappa shape index (κ1) is 47.3. The van der Waals surface area contributed by atoms with Gasteiger partial charge in [0, 0.05) is 38.0 Å². The molecule has 6 nitrogen and oxygen atoms in total. The van der Waals surface area contributed by atoms with E-state index in [4.69, 9.17) is 16.2 Å². The summed E-state index contributed by atoms with van der Waals surface area (Å²) < 4.78 is 6.10. The fourth-order valence-corrected chi connectivity index (χ4v) is 11.4. The highest BCUT2D eigenvalue weighted by Gasteiger charge is 2.59. The third-order valence-corrected chi connectivity index (χ3v) is 14.4. The number of fused-ring (bicyclic) bond motifs is 5. The zero-order valence-electron chi connectivity index (χ0n) is 34.5. The number of carbonyl (C=O) groups excluding carboxylic acids is 2. The molecule has 0 heterocycles. The molecule has 1 amide bonds. The van der Waals surface area contributed by atoms with Crippen LogP contribution in [0.1, 0.15) is 177 Å². The Bertz CT molecular complexity index is 1110. The molecule has 52 heavy (non-hydrogen) atoms. The number of carbonyl (C=O) groups is 2. The zero-order chi connectivity index (χ0) is 36.5. The van der Waals surface area contributed by atoms with Gasteiger partial charge in [0.25, 0.3) is 0 Å². The van der Waals surface area contributed by atoms with E-state index in [0.29, 0.717) is 12.0 Å². The molecule has 0 aliphatic heterocycles. The van der Waals surface area contributed by atoms with Crippen LogP contribution in [0.5, 0.6) is 0 Å². The molecule has 2 unspecified atom stereocenters. The van der Waals surface area contributed by atoms with E-state index in [9.17, 15) is 9.59 Å². The largest absolute Gasteiger partial charge is 0.462 e. The van der Waals surface area contributed by atoms with Gasteiger partial charge in [-0.1, -0.05) is 91.2 Å². The van der Waals surface area contributed by atoms with Crippen LogP contribution in [-0.4, -0.2) is 48.1 Å². The lowest BCUT2D eigenvalue weighted by atomic mass is 9.47. The maximum Gasteiger partial charge on any atom is 0.306 e. The fourth-order valence-electron chi connectivity index (χ4n) is 11.4. The molecule has 8 heteroatoms. The van der Waals surface area contributed by atoms with Crippen molar-refractivity contribution in [3.8, 4) is 0 Å². The Morgan fingerprint density at radius 1 is 0.788 bits per heavy atom. The van der Waals surface area contributed by atoms with Crippen LogP contribution in [0.4, 0.5) is 0 Å². The van der Waals surface area contributed by atoms with Crippen LogP contribution >= 0.6 is 24.8 Å². The monoisotopic (exact) mass is 770 g/mol. The van der Waals surface area contributed by atoms with Gasteiger partial charge in [0.1, 0.15) is 6.10 Å². The summed E-state index contributed by atoms with van der Waals surface area (Å²) in [5.74, 6) is 4.82. The number of halogens is 2. The van der Waals surface area contributed by atoms with Gasteiger partial charge in [0.2, 0.25) is 5.91 Å². The SMILES string of the molecule is CC(C)CCC[C@@H](C)[C@H]1CC[C@H]2[C@@H]3CC=C4C[C@@H](OC(=O)CCC(=O)N(CCCCCCCC(C)N)CCC(C)N)CC[C@]4(C)[C@H]3CC[C@]12C.Cl.Cl. The molecule has 0 aromatic rings. The van der Waals surface area contributed by atoms with E-state index >= 15 is 0 Å². The van der Waals surface area contributed by atoms with E-state index in [0.717, 1.165) is 87.0 Å². The average molecular weight is 771 g/mol. The first-order chi connectivity index (χ1) is 23.7. The second-order valence-electron chi connectivity index (χ2n) is 18.8. The van der Waals surface area contributed by atoms with Crippen molar-refractivity contribution in [3.63, 3.8) is 0 Å². The number of ether oxygens (including phenoxy) is 1. The van der Waals surface area contributed by atoms with Gasteiger partial charge < -0.3 is 21.1 Å². The van der Waals surface area contributed by atoms with Crippen LogP contribution in [0.3, 0.4) is 0 Å². The number of nitrogens with two attached hydrogens (primary N) is 2. The molecule has 4 aliphatic rings. The van der Waals surface area contributed by atoms with Crippen molar-refractivity contribution in [2.75, 3.05) is 13.1 Å². The molecule has 4 rings (SSSR count). The fraction of sp³-hybridized carbons (Fsp3) is 0.909. The highest BCUT2D eigenvalue weighted by Crippen LogP contribution is 2.67. The van der Waals surface area contributed by atoms with Gasteiger partial charge in [-0.3, -0.25) is 9.59 Å². The van der Waals surface area contributed by atoms with Crippen molar-refractivity contribution in [2.45, 2.75) is 195 Å². The van der Waals surface area contributed by atoms with Gasteiger partial charge in [-0.2, -0.15) is 0 Å². The van der Waals surface area contributed by atoms with Crippen LogP contribution in [0.15, 0.2) is 11.6 Å². The van der Waals surface area contributed by atoms with Crippen LogP contribution in [0.2, 0.25) is 0 Å². The standard InChI is InChI=1S/C44H79N3O3.2ClH/c1-31(2)14-13-15-32(3)38-19-20-39-37-18-17-35-30-36(23-26-43(35,6)40(37)24-27-44(38,39)7)50-42(49)22-21-41(48)47(29-25-34(5)46)28-12-10-8-9-11-16-33(4)45;;/h17,31-34,36-40H,8-16,18-30,45-46H2,1-7H3;2*1H/t32-,33?,34?,36+,37+,38-,39+,40+,43+,44-;;/m1../s1. The highest BCUT2D eigenvalue weighted by atomic mass is 35.5. The lowest BCUT2D eigenvalue weighted by Crippen LogP contribution is -2.51. The topological polar surface area (TPSA) is 98.7 Å². The molecule has 0 aromatic heterocycles. The summed E-state index contributed by atoms with van der Waals surface area (Å²) in [5.41, 5.74) is 14.2. The first-order valence-electron chi connectivity index (χ1n) is 21.4. The number of nitrogens with zero attached hydrogens (tertiary/aromatic N) is 1. The number of unbranched alkanes of at least 4 members (excludes halogenated alkanes) is 4. The van der Waals surface area contributed by atoms with Crippen molar-refractivity contribution >= 4 is 36.7 Å². The predicted molar refractivity (Wildman–Crippen MR) is 223 cm³/mol. The Kier molecular flexibility index (Phi) is 20.1. The summed E-state index contributed by atoms with van der Waals surface area (Å²) in [4.78, 5) is 28.3. The quantitative estimate of drug-likeness (QED) is 0.0730. The van der Waals surface area contributed by atoms with E-state index < -0.39 is 0 Å². The number of hydrogen-bond donors (Lipinski definition) is 2. The molecule has 0 saturated heterocycles. The lowest BCUT2D eigenvalue weighted by Gasteiger charge is -2.58. The lowest BCUT2D eigenvalue weighted by molar-refractivity contribution is -0.153. The smallest absolute Gasteiger partial charge is 0.306 e. The summed E-state index contributed by atoms with van der Waals surface area (Å²) in [5, 5.41) is 0. The van der Waals surface area contributed by atoms with Gasteiger partial charge in [-0.15, -0.1) is 24.8 Å². The predicted octanol–water partition coefficient (Wildman–Crippen LogP) is 10.8. The molecule has 0 spiro atoms. The van der Waals surface area contributed by atoms with Crippen LogP contribution in [0.25, 0.3) is 0 Å². The Morgan fingerprint density at radius 2 is 1.48 bits per heavy atom. The summed E-state index contributed by atoms with van der Waals surface area (Å²) in [7, 11) is 0. The Morgan fingerprint density at radius 3 is 2.17 bits per heavy atom. The van der Waals surface area contributed by atoms with E-state index in [1.807, 2.05) is 11.8 Å². The molecular formula is C44H81Cl2N3O3. The summed E-state index contributed by atoms with van der Waals surface area (Å²) in [6.45, 7) is 18.0. The minimum absolute atomic E-state index is 0. The van der Waals surface area contributed by atoms with E-state index in [1.165, 1.54) is 70.6 Å². The number of amides is 1. The Hall–Kier alpha value is -0.820. The van der Waals surface area contributed by atoms with Gasteiger partial charge >= 0.3 is 5.97 Å². The van der Waals surface area contributed by atoms with Crippen LogP contribution in [0, 0.1) is 46.3 Å². The summed E-state index contributed by atoms with van der Waals surface area (Å²) >= 11 is 0. The maximum atomic E-state index is 13.2. The number of hydrogen-bond acceptors (Lipinski definition) is 5. The van der Waals surface area contributed by atoms with Gasteiger partial charge in [-0.25, -0.2) is 0 Å². The normalized spacial score (nSPS) is 31.1. The van der Waals surface area contributed by atoms with Crippen molar-refractivity contribution in [2.24, 2.45) is 57.8 Å². The Labute approximate surface area is 332 Å². The van der Waals surface area contributed by atoms with Crippen molar-refractivity contribution in [1.29, 1.82) is 0 Å². The van der Waals surface area contributed by atoms with Crippen molar-refractivity contribution in [1.82, 2.24) is 4.90 Å². The van der Waals surface area contributed by atoms with Gasteiger partial charge in [-0.05, 0) is 124 Å². The minimum Gasteiger partial charge on any atom is -0.462 e. The van der Waals surface area contributed by atoms with Crippen molar-refractivity contribution < 1.29 is 14.3 Å². The first-order valence-corrected chi connectivity index (χ1v) is 21.4. The van der Waals surface area contributed by atoms with Gasteiger partial charge in [0.05, 0.1) is 6.42 Å². The molecule has 0 aromatic carbocycles. The molecule has 4 aliphatic carbocycles. The molecule has 3 saturated carbocycles. The molecule has 0 radical (unpaired) electrons. The molecule has 304 valence electrons. The number of allylic oxidation sites excluding steroid dienone is 1. The molecule has 4 N–H and O–H groups in total. The van der Waals surface area contributed by atoms with E-state index in [-0.39, 0.29) is 73.1 Å². The minimum atomic E-state index is -0.213. The Balaban J connectivity index is 0.00000468. The summed E-state index contributed by atoms with van der Waals surface area (Å²) in [6.07, 6.45) is 24.3. The van der Waals surface area contributed by atoms with E-state index in [2.05, 4.69) is 47.6 Å². The molecule has 0 bridgehead atoms. The molecule has 3 fully saturated rings. The third kappa shape index (κ3) is 12.6. The van der Waals surface area contributed by atoms with Gasteiger partial charge in [0.15, 0.2) is 0 Å². The second-order valence-corrected chi connectivity index (χ2v) is 18.8. The highest BCUT2D eigenvalue weighted by molar-refractivity contribution is 5.85. The van der Waals surface area contributed by atoms with E-state index in [1.54, 1.807) is 5.57 Å². The molecular weight excluding hydrogens is 689 g/mol. The zero-order valence-corrected chi connectivity index (χ0v) is 36.1. The van der Waals surface area contributed by atoms with Crippen LogP contribution < -0.4 is 11.5 Å². The second kappa shape index (κ2) is 22.1. The number of rotatable bonds is 20. The average Bonchev–Trinajstić information content (AvgIpc) is 3.41. The number of esters is 1. The maximum absolute atomic E-state index is 13.2. The van der Waals surface area contributed by atoms with Crippen LogP contribution in [-0.2, 0) is 14.3 Å². The van der Waals surface area contributed by atoms with Crippen molar-refractivity contribution in [3.05, 3.63) is 11.6 Å².